The number of non-ortho nitro benzene ring substituents is 2. The van der Waals surface area contributed by atoms with Gasteiger partial charge in [-0.05, 0) is 36.4 Å². The van der Waals surface area contributed by atoms with Gasteiger partial charge in [0, 0.05) is 35.4 Å². The summed E-state index contributed by atoms with van der Waals surface area (Å²) in [5.74, 6) is 12.8. The zero-order valence-corrected chi connectivity index (χ0v) is 16.7. The number of hydrogen-bond acceptors (Lipinski definition) is 6. The summed E-state index contributed by atoms with van der Waals surface area (Å²) in [6, 6.07) is 18.9. The number of rotatable bonds is 6. The Morgan fingerprint density at radius 2 is 1.00 bits per heavy atom. The molecular weight excluding hydrogens is 412 g/mol. The summed E-state index contributed by atoms with van der Waals surface area (Å²) in [5.41, 5.74) is 1.44. The topological polar surface area (TPSA) is 105 Å². The van der Waals surface area contributed by atoms with Gasteiger partial charge in [-0.25, -0.2) is 0 Å². The van der Waals surface area contributed by atoms with Crippen molar-refractivity contribution in [3.05, 3.63) is 104 Å². The van der Waals surface area contributed by atoms with E-state index in [0.717, 1.165) is 11.1 Å². The molecule has 0 aliphatic heterocycles. The molecule has 3 aromatic rings. The minimum atomic E-state index is -0.474. The molecule has 3 aromatic carbocycles. The first-order chi connectivity index (χ1) is 15.5. The summed E-state index contributed by atoms with van der Waals surface area (Å²) in [6.07, 6.45) is 0. The molecule has 8 heteroatoms. The lowest BCUT2D eigenvalue weighted by atomic mass is 10.1. The summed E-state index contributed by atoms with van der Waals surface area (Å²) in [5, 5.41) is 21.3. The van der Waals surface area contributed by atoms with Crippen LogP contribution in [-0.4, -0.2) is 23.1 Å². The minimum absolute atomic E-state index is 0.00602. The van der Waals surface area contributed by atoms with E-state index in [2.05, 4.69) is 23.7 Å². The Hall–Kier alpha value is -4.82. The summed E-state index contributed by atoms with van der Waals surface area (Å²) < 4.78 is 11.0. The van der Waals surface area contributed by atoms with Crippen LogP contribution in [0.5, 0.6) is 11.5 Å². The quantitative estimate of drug-likeness (QED) is 0.328. The van der Waals surface area contributed by atoms with E-state index in [0.29, 0.717) is 11.5 Å². The lowest BCUT2D eigenvalue weighted by Crippen LogP contribution is -1.95. The van der Waals surface area contributed by atoms with Gasteiger partial charge in [-0.1, -0.05) is 35.8 Å². The van der Waals surface area contributed by atoms with Crippen LogP contribution in [0.1, 0.15) is 11.1 Å². The van der Waals surface area contributed by atoms with Gasteiger partial charge < -0.3 is 9.47 Å². The molecule has 3 rings (SSSR count). The second kappa shape index (κ2) is 10.8. The first kappa shape index (κ1) is 21.9. The molecule has 0 saturated heterocycles. The zero-order valence-electron chi connectivity index (χ0n) is 16.7. The highest BCUT2D eigenvalue weighted by Gasteiger charge is 2.04. The van der Waals surface area contributed by atoms with Crippen LogP contribution in [0.3, 0.4) is 0 Å². The first-order valence-electron chi connectivity index (χ1n) is 9.34. The predicted molar refractivity (Wildman–Crippen MR) is 117 cm³/mol. The SMILES string of the molecule is O=[N+]([O-])c1ccc(OCC#Cc2ccccc2C#CCOc2ccc([N+](=O)[O-])cc2)cc1. The Labute approximate surface area is 183 Å². The maximum atomic E-state index is 10.7. The number of benzene rings is 3. The molecule has 0 fully saturated rings. The Morgan fingerprint density at radius 3 is 1.34 bits per heavy atom. The maximum absolute atomic E-state index is 10.7. The van der Waals surface area contributed by atoms with Gasteiger partial charge in [0.1, 0.15) is 24.7 Å². The molecule has 0 atom stereocenters. The molecule has 32 heavy (non-hydrogen) atoms. The fourth-order valence-electron chi connectivity index (χ4n) is 2.53. The predicted octanol–water partition coefficient (Wildman–Crippen LogP) is 4.36. The average molecular weight is 428 g/mol. The number of nitro groups is 2. The van der Waals surface area contributed by atoms with E-state index in [1.54, 1.807) is 0 Å². The number of nitrogens with zero attached hydrogens (tertiary/aromatic N) is 2. The Morgan fingerprint density at radius 1 is 0.625 bits per heavy atom. The molecule has 0 aliphatic carbocycles. The van der Waals surface area contributed by atoms with Crippen molar-refractivity contribution in [1.29, 1.82) is 0 Å². The van der Waals surface area contributed by atoms with Crippen molar-refractivity contribution in [2.24, 2.45) is 0 Å². The fraction of sp³-hybridized carbons (Fsp3) is 0.0833. The van der Waals surface area contributed by atoms with Gasteiger partial charge in [0.25, 0.3) is 11.4 Å². The van der Waals surface area contributed by atoms with Crippen LogP contribution in [0, 0.1) is 43.9 Å². The third-order valence-electron chi connectivity index (χ3n) is 4.09. The standard InChI is InChI=1S/C24H16N2O6/c27-25(28)21-9-13-23(14-10-21)31-17-3-7-19-5-1-2-6-20(19)8-4-18-32-24-15-11-22(12-16-24)26(29)30/h1-2,5-6,9-16H,17-18H2. The minimum Gasteiger partial charge on any atom is -0.481 e. The van der Waals surface area contributed by atoms with Gasteiger partial charge >= 0.3 is 0 Å². The van der Waals surface area contributed by atoms with E-state index in [1.807, 2.05) is 24.3 Å². The fourth-order valence-corrected chi connectivity index (χ4v) is 2.53. The van der Waals surface area contributed by atoms with E-state index < -0.39 is 9.85 Å². The Kier molecular flexibility index (Phi) is 7.39. The molecule has 0 spiro atoms. The molecule has 8 nitrogen and oxygen atoms in total. The van der Waals surface area contributed by atoms with Crippen LogP contribution in [0.15, 0.2) is 72.8 Å². The van der Waals surface area contributed by atoms with Crippen molar-refractivity contribution < 1.29 is 19.3 Å². The smallest absolute Gasteiger partial charge is 0.269 e. The van der Waals surface area contributed by atoms with Crippen LogP contribution in [0.2, 0.25) is 0 Å². The molecule has 0 unspecified atom stereocenters. The van der Waals surface area contributed by atoms with Crippen molar-refractivity contribution in [3.63, 3.8) is 0 Å². The Bertz CT molecular complexity index is 1130. The molecule has 0 aromatic heterocycles. The molecule has 0 aliphatic rings. The number of ether oxygens (including phenoxy) is 2. The van der Waals surface area contributed by atoms with Gasteiger partial charge in [-0.15, -0.1) is 0 Å². The zero-order chi connectivity index (χ0) is 22.8. The van der Waals surface area contributed by atoms with E-state index in [4.69, 9.17) is 9.47 Å². The van der Waals surface area contributed by atoms with Crippen molar-refractivity contribution in [2.75, 3.05) is 13.2 Å². The average Bonchev–Trinajstić information content (AvgIpc) is 2.81. The molecule has 0 amide bonds. The first-order valence-corrected chi connectivity index (χ1v) is 9.34. The molecule has 0 saturated carbocycles. The van der Waals surface area contributed by atoms with Crippen LogP contribution in [0.25, 0.3) is 0 Å². The number of hydrogen-bond donors (Lipinski definition) is 0. The van der Waals surface area contributed by atoms with Crippen LogP contribution in [-0.2, 0) is 0 Å². The van der Waals surface area contributed by atoms with Gasteiger partial charge in [-0.3, -0.25) is 20.2 Å². The van der Waals surface area contributed by atoms with Crippen molar-refractivity contribution in [1.82, 2.24) is 0 Å². The van der Waals surface area contributed by atoms with Crippen LogP contribution < -0.4 is 9.47 Å². The molecule has 0 bridgehead atoms. The summed E-state index contributed by atoms with van der Waals surface area (Å²) in [6.45, 7) is 0.228. The van der Waals surface area contributed by atoms with Gasteiger partial charge in [0.2, 0.25) is 0 Å². The van der Waals surface area contributed by atoms with Crippen molar-refractivity contribution in [3.8, 4) is 35.2 Å². The van der Waals surface area contributed by atoms with Crippen molar-refractivity contribution >= 4 is 11.4 Å². The highest BCUT2D eigenvalue weighted by atomic mass is 16.6. The molecule has 0 N–H and O–H groups in total. The van der Waals surface area contributed by atoms with Gasteiger partial charge in [0.15, 0.2) is 0 Å². The highest BCUT2D eigenvalue weighted by Crippen LogP contribution is 2.18. The molecule has 0 radical (unpaired) electrons. The number of nitro benzene ring substituents is 2. The van der Waals surface area contributed by atoms with E-state index in [1.165, 1.54) is 48.5 Å². The van der Waals surface area contributed by atoms with Gasteiger partial charge in [0.05, 0.1) is 9.85 Å². The van der Waals surface area contributed by atoms with Gasteiger partial charge in [-0.2, -0.15) is 0 Å². The highest BCUT2D eigenvalue weighted by molar-refractivity contribution is 5.50. The maximum Gasteiger partial charge on any atom is 0.269 e. The lowest BCUT2D eigenvalue weighted by molar-refractivity contribution is -0.385. The third kappa shape index (κ3) is 6.34. The van der Waals surface area contributed by atoms with Crippen molar-refractivity contribution in [2.45, 2.75) is 0 Å². The lowest BCUT2D eigenvalue weighted by Gasteiger charge is -2.01. The van der Waals surface area contributed by atoms with Crippen LogP contribution in [0.4, 0.5) is 11.4 Å². The molecule has 158 valence electrons. The summed E-state index contributed by atoms with van der Waals surface area (Å²) in [4.78, 5) is 20.4. The summed E-state index contributed by atoms with van der Waals surface area (Å²) >= 11 is 0. The Balaban J connectivity index is 1.56. The van der Waals surface area contributed by atoms with E-state index >= 15 is 0 Å². The second-order valence-corrected chi connectivity index (χ2v) is 6.23. The second-order valence-electron chi connectivity index (χ2n) is 6.23. The molecule has 0 heterocycles. The summed E-state index contributed by atoms with van der Waals surface area (Å²) in [7, 11) is 0. The van der Waals surface area contributed by atoms with E-state index in [9.17, 15) is 20.2 Å². The normalized spacial score (nSPS) is 9.50. The van der Waals surface area contributed by atoms with Crippen LogP contribution >= 0.6 is 0 Å². The monoisotopic (exact) mass is 428 g/mol. The largest absolute Gasteiger partial charge is 0.481 e. The van der Waals surface area contributed by atoms with E-state index in [-0.39, 0.29) is 24.6 Å². The third-order valence-corrected chi connectivity index (χ3v) is 4.09. The molecular formula is C24H16N2O6.